The fraction of sp³-hybridized carbons (Fsp3) is 0.250. The van der Waals surface area contributed by atoms with Crippen molar-refractivity contribution in [2.24, 2.45) is 0 Å². The van der Waals surface area contributed by atoms with E-state index in [2.05, 4.69) is 6.58 Å². The second kappa shape index (κ2) is 3.56. The van der Waals surface area contributed by atoms with Gasteiger partial charge in [0.15, 0.2) is 5.78 Å². The Morgan fingerprint density at radius 3 is 2.23 bits per heavy atom. The SMILES string of the molecule is C=C1C(C)=CC(=O)C(=C/C)/C1=C\C. The van der Waals surface area contributed by atoms with Crippen LogP contribution in [0.4, 0.5) is 0 Å². The molecular weight excluding hydrogens is 160 g/mol. The minimum atomic E-state index is 0.0838. The normalized spacial score (nSPS) is 24.1. The molecule has 1 heteroatoms. The van der Waals surface area contributed by atoms with Crippen molar-refractivity contribution in [1.82, 2.24) is 0 Å². The maximum Gasteiger partial charge on any atom is 0.186 e. The van der Waals surface area contributed by atoms with Gasteiger partial charge in [-0.25, -0.2) is 0 Å². The first-order valence-corrected chi connectivity index (χ1v) is 4.37. The summed E-state index contributed by atoms with van der Waals surface area (Å²) in [5, 5.41) is 0. The van der Waals surface area contributed by atoms with E-state index in [0.29, 0.717) is 0 Å². The molecule has 0 bridgehead atoms. The molecule has 0 spiro atoms. The highest BCUT2D eigenvalue weighted by atomic mass is 16.1. The van der Waals surface area contributed by atoms with Gasteiger partial charge in [-0.1, -0.05) is 18.7 Å². The van der Waals surface area contributed by atoms with E-state index in [1.54, 1.807) is 6.08 Å². The number of allylic oxidation sites excluding steroid dienone is 7. The van der Waals surface area contributed by atoms with E-state index in [-0.39, 0.29) is 5.78 Å². The Bertz CT molecular complexity index is 351. The summed E-state index contributed by atoms with van der Waals surface area (Å²) in [5.74, 6) is 0.0838. The standard InChI is InChI=1S/C12H14O/c1-5-10-9(4)8(3)7-12(13)11(10)6-2/h5-7H,4H2,1-3H3/b10-5-,11-6+. The number of carbonyl (C=O) groups excluding carboxylic acids is 1. The monoisotopic (exact) mass is 174 g/mol. The molecule has 0 aromatic carbocycles. The number of hydrogen-bond acceptors (Lipinski definition) is 1. The van der Waals surface area contributed by atoms with E-state index in [9.17, 15) is 4.79 Å². The minimum Gasteiger partial charge on any atom is -0.289 e. The van der Waals surface area contributed by atoms with E-state index in [1.807, 2.05) is 32.9 Å². The van der Waals surface area contributed by atoms with Crippen molar-refractivity contribution in [2.75, 3.05) is 0 Å². The lowest BCUT2D eigenvalue weighted by Gasteiger charge is -2.18. The predicted octanol–water partition coefficient (Wildman–Crippen LogP) is 2.96. The summed E-state index contributed by atoms with van der Waals surface area (Å²) in [6, 6.07) is 0. The summed E-state index contributed by atoms with van der Waals surface area (Å²) in [6.07, 6.45) is 5.42. The van der Waals surface area contributed by atoms with Crippen LogP contribution in [0.2, 0.25) is 0 Å². The molecule has 0 aliphatic heterocycles. The molecule has 1 aliphatic rings. The first kappa shape index (κ1) is 9.72. The van der Waals surface area contributed by atoms with Crippen molar-refractivity contribution in [3.63, 3.8) is 0 Å². The van der Waals surface area contributed by atoms with Crippen LogP contribution in [0.5, 0.6) is 0 Å². The topological polar surface area (TPSA) is 17.1 Å². The minimum absolute atomic E-state index is 0.0838. The Morgan fingerprint density at radius 1 is 1.23 bits per heavy atom. The lowest BCUT2D eigenvalue weighted by molar-refractivity contribution is -0.111. The van der Waals surface area contributed by atoms with Gasteiger partial charge in [0, 0.05) is 5.57 Å². The van der Waals surface area contributed by atoms with Gasteiger partial charge >= 0.3 is 0 Å². The summed E-state index contributed by atoms with van der Waals surface area (Å²) < 4.78 is 0. The van der Waals surface area contributed by atoms with Crippen LogP contribution in [0, 0.1) is 0 Å². The molecule has 0 saturated heterocycles. The lowest BCUT2D eigenvalue weighted by atomic mass is 9.85. The Labute approximate surface area is 79.2 Å². The third-order valence-electron chi connectivity index (χ3n) is 2.28. The molecule has 13 heavy (non-hydrogen) atoms. The van der Waals surface area contributed by atoms with Gasteiger partial charge in [0.2, 0.25) is 0 Å². The molecule has 0 heterocycles. The summed E-state index contributed by atoms with van der Waals surface area (Å²) in [6.45, 7) is 9.66. The molecule has 0 radical (unpaired) electrons. The Balaban J connectivity index is 3.33. The molecule has 68 valence electrons. The largest absolute Gasteiger partial charge is 0.289 e. The van der Waals surface area contributed by atoms with Crippen LogP contribution in [0.1, 0.15) is 20.8 Å². The molecular formula is C12H14O. The van der Waals surface area contributed by atoms with Gasteiger partial charge < -0.3 is 0 Å². The highest BCUT2D eigenvalue weighted by molar-refractivity contribution is 6.11. The molecule has 0 unspecified atom stereocenters. The summed E-state index contributed by atoms with van der Waals surface area (Å²) in [7, 11) is 0. The van der Waals surface area contributed by atoms with E-state index < -0.39 is 0 Å². The third kappa shape index (κ3) is 1.55. The number of ketones is 1. The van der Waals surface area contributed by atoms with Crippen LogP contribution >= 0.6 is 0 Å². The molecule has 0 amide bonds. The van der Waals surface area contributed by atoms with Crippen LogP contribution in [-0.2, 0) is 4.79 Å². The number of carbonyl (C=O) groups is 1. The Hall–Kier alpha value is -1.37. The van der Waals surface area contributed by atoms with Gasteiger partial charge in [-0.15, -0.1) is 0 Å². The van der Waals surface area contributed by atoms with Crippen LogP contribution in [0.3, 0.4) is 0 Å². The third-order valence-corrected chi connectivity index (χ3v) is 2.28. The number of hydrogen-bond donors (Lipinski definition) is 0. The summed E-state index contributed by atoms with van der Waals surface area (Å²) >= 11 is 0. The van der Waals surface area contributed by atoms with Crippen LogP contribution < -0.4 is 0 Å². The smallest absolute Gasteiger partial charge is 0.186 e. The summed E-state index contributed by atoms with van der Waals surface area (Å²) in [5.41, 5.74) is 3.64. The highest BCUT2D eigenvalue weighted by Crippen LogP contribution is 2.29. The van der Waals surface area contributed by atoms with E-state index in [1.165, 1.54) is 0 Å². The molecule has 0 atom stereocenters. The molecule has 1 nitrogen and oxygen atoms in total. The molecule has 1 rings (SSSR count). The second-order valence-corrected chi connectivity index (χ2v) is 3.07. The predicted molar refractivity (Wildman–Crippen MR) is 55.4 cm³/mol. The van der Waals surface area contributed by atoms with Crippen LogP contribution in [-0.4, -0.2) is 5.78 Å². The fourth-order valence-electron chi connectivity index (χ4n) is 1.50. The maximum absolute atomic E-state index is 11.5. The van der Waals surface area contributed by atoms with Crippen LogP contribution in [0.15, 0.2) is 47.1 Å². The molecule has 0 fully saturated rings. The van der Waals surface area contributed by atoms with E-state index >= 15 is 0 Å². The van der Waals surface area contributed by atoms with E-state index in [0.717, 1.165) is 22.3 Å². The Kier molecular flexibility index (Phi) is 2.66. The lowest BCUT2D eigenvalue weighted by Crippen LogP contribution is -2.10. The summed E-state index contributed by atoms with van der Waals surface area (Å²) in [4.78, 5) is 11.5. The zero-order valence-corrected chi connectivity index (χ0v) is 8.35. The molecule has 0 N–H and O–H groups in total. The van der Waals surface area contributed by atoms with Gasteiger partial charge in [0.05, 0.1) is 0 Å². The van der Waals surface area contributed by atoms with Crippen molar-refractivity contribution in [2.45, 2.75) is 20.8 Å². The first-order chi connectivity index (χ1) is 6.11. The van der Waals surface area contributed by atoms with Crippen molar-refractivity contribution in [3.8, 4) is 0 Å². The zero-order valence-electron chi connectivity index (χ0n) is 8.35. The molecule has 0 saturated carbocycles. The van der Waals surface area contributed by atoms with Gasteiger partial charge in [-0.05, 0) is 43.6 Å². The van der Waals surface area contributed by atoms with Gasteiger partial charge in [0.25, 0.3) is 0 Å². The van der Waals surface area contributed by atoms with Crippen molar-refractivity contribution in [1.29, 1.82) is 0 Å². The van der Waals surface area contributed by atoms with Gasteiger partial charge in [-0.2, -0.15) is 0 Å². The van der Waals surface area contributed by atoms with Crippen molar-refractivity contribution in [3.05, 3.63) is 47.1 Å². The number of rotatable bonds is 0. The molecule has 0 aromatic rings. The quantitative estimate of drug-likeness (QED) is 0.516. The van der Waals surface area contributed by atoms with Crippen molar-refractivity contribution >= 4 is 5.78 Å². The highest BCUT2D eigenvalue weighted by Gasteiger charge is 2.19. The second-order valence-electron chi connectivity index (χ2n) is 3.07. The molecule has 0 aromatic heterocycles. The fourth-order valence-corrected chi connectivity index (χ4v) is 1.50. The van der Waals surface area contributed by atoms with Gasteiger partial charge in [0.1, 0.15) is 0 Å². The zero-order chi connectivity index (χ0) is 10.0. The average molecular weight is 174 g/mol. The first-order valence-electron chi connectivity index (χ1n) is 4.37. The van der Waals surface area contributed by atoms with E-state index in [4.69, 9.17) is 0 Å². The van der Waals surface area contributed by atoms with Gasteiger partial charge in [-0.3, -0.25) is 4.79 Å². The maximum atomic E-state index is 11.5. The average Bonchev–Trinajstić information content (AvgIpc) is 2.10. The molecule has 1 aliphatic carbocycles. The van der Waals surface area contributed by atoms with Crippen LogP contribution in [0.25, 0.3) is 0 Å². The Morgan fingerprint density at radius 2 is 1.77 bits per heavy atom. The van der Waals surface area contributed by atoms with Crippen molar-refractivity contribution < 1.29 is 4.79 Å².